The van der Waals surface area contributed by atoms with Gasteiger partial charge < -0.3 is 20.1 Å². The van der Waals surface area contributed by atoms with Gasteiger partial charge in [-0.2, -0.15) is 0 Å². The maximum Gasteiger partial charge on any atom is 0.338 e. The van der Waals surface area contributed by atoms with E-state index >= 15 is 0 Å². The monoisotopic (exact) mass is 280 g/mol. The molecular weight excluding hydrogens is 264 g/mol. The Balaban J connectivity index is 2.42. The van der Waals surface area contributed by atoms with E-state index in [0.717, 1.165) is 0 Å². The average molecular weight is 280 g/mol. The Morgan fingerprint density at radius 2 is 1.95 bits per heavy atom. The number of hydrogen-bond acceptors (Lipinski definition) is 5. The van der Waals surface area contributed by atoms with Gasteiger partial charge in [0.05, 0.1) is 19.2 Å². The van der Waals surface area contributed by atoms with Crippen molar-refractivity contribution in [2.75, 3.05) is 27.3 Å². The van der Waals surface area contributed by atoms with E-state index in [9.17, 15) is 14.4 Å². The van der Waals surface area contributed by atoms with Crippen molar-refractivity contribution in [3.05, 3.63) is 29.8 Å². The summed E-state index contributed by atoms with van der Waals surface area (Å²) in [5, 5.41) is 4.66. The SMILES string of the molecule is CNC(=O)CNC(=O)COC(=O)c1cccc(OC)c1. The zero-order chi connectivity index (χ0) is 15.0. The zero-order valence-corrected chi connectivity index (χ0v) is 11.3. The third kappa shape index (κ3) is 4.97. The zero-order valence-electron chi connectivity index (χ0n) is 11.3. The number of methoxy groups -OCH3 is 1. The molecule has 2 amide bonds. The van der Waals surface area contributed by atoms with E-state index in [-0.39, 0.29) is 18.0 Å². The van der Waals surface area contributed by atoms with Crippen LogP contribution < -0.4 is 15.4 Å². The molecule has 20 heavy (non-hydrogen) atoms. The van der Waals surface area contributed by atoms with Crippen LogP contribution in [-0.4, -0.2) is 45.1 Å². The Morgan fingerprint density at radius 1 is 1.20 bits per heavy atom. The lowest BCUT2D eigenvalue weighted by molar-refractivity contribution is -0.127. The molecule has 2 N–H and O–H groups in total. The van der Waals surface area contributed by atoms with Crippen molar-refractivity contribution in [2.45, 2.75) is 0 Å². The second-order valence-corrected chi connectivity index (χ2v) is 3.76. The van der Waals surface area contributed by atoms with Gasteiger partial charge in [0.1, 0.15) is 5.75 Å². The molecule has 0 aliphatic carbocycles. The minimum Gasteiger partial charge on any atom is -0.497 e. The molecule has 0 saturated heterocycles. The fourth-order valence-electron chi connectivity index (χ4n) is 1.28. The summed E-state index contributed by atoms with van der Waals surface area (Å²) >= 11 is 0. The molecule has 0 radical (unpaired) electrons. The molecule has 0 spiro atoms. The number of amides is 2. The largest absolute Gasteiger partial charge is 0.497 e. The first-order valence-corrected chi connectivity index (χ1v) is 5.85. The normalized spacial score (nSPS) is 9.50. The Bertz CT molecular complexity index is 501. The minimum atomic E-state index is -0.640. The van der Waals surface area contributed by atoms with Crippen molar-refractivity contribution in [1.29, 1.82) is 0 Å². The Kier molecular flexibility index (Phi) is 6.02. The van der Waals surface area contributed by atoms with Crippen molar-refractivity contribution in [3.8, 4) is 5.75 Å². The molecule has 7 nitrogen and oxygen atoms in total. The third-order valence-corrected chi connectivity index (χ3v) is 2.36. The van der Waals surface area contributed by atoms with Crippen LogP contribution in [0, 0.1) is 0 Å². The number of rotatable bonds is 6. The topological polar surface area (TPSA) is 93.7 Å². The quantitative estimate of drug-likeness (QED) is 0.699. The number of carbonyl (C=O) groups excluding carboxylic acids is 3. The number of nitrogens with one attached hydrogen (secondary N) is 2. The van der Waals surface area contributed by atoms with E-state index in [4.69, 9.17) is 9.47 Å². The molecule has 0 atom stereocenters. The van der Waals surface area contributed by atoms with Crippen molar-refractivity contribution >= 4 is 17.8 Å². The smallest absolute Gasteiger partial charge is 0.338 e. The minimum absolute atomic E-state index is 0.161. The van der Waals surface area contributed by atoms with Gasteiger partial charge in [0.15, 0.2) is 6.61 Å². The molecule has 1 aromatic rings. The van der Waals surface area contributed by atoms with E-state index in [1.54, 1.807) is 18.2 Å². The molecule has 0 unspecified atom stereocenters. The number of benzene rings is 1. The molecule has 0 aliphatic heterocycles. The summed E-state index contributed by atoms with van der Waals surface area (Å²) in [6, 6.07) is 6.38. The van der Waals surface area contributed by atoms with Gasteiger partial charge in [0, 0.05) is 7.05 Å². The lowest BCUT2D eigenvalue weighted by Crippen LogP contribution is -2.37. The predicted molar refractivity (Wildman–Crippen MR) is 70.4 cm³/mol. The molecule has 1 rings (SSSR count). The number of hydrogen-bond donors (Lipinski definition) is 2. The van der Waals surface area contributed by atoms with E-state index in [1.807, 2.05) is 0 Å². The first-order chi connectivity index (χ1) is 9.56. The third-order valence-electron chi connectivity index (χ3n) is 2.36. The number of esters is 1. The molecule has 0 aromatic heterocycles. The molecule has 1 aromatic carbocycles. The molecule has 7 heteroatoms. The van der Waals surface area contributed by atoms with Gasteiger partial charge in [0.2, 0.25) is 5.91 Å². The van der Waals surface area contributed by atoms with Gasteiger partial charge in [-0.05, 0) is 18.2 Å². The van der Waals surface area contributed by atoms with Crippen LogP contribution in [0.5, 0.6) is 5.75 Å². The fourth-order valence-corrected chi connectivity index (χ4v) is 1.28. The summed E-state index contributed by atoms with van der Waals surface area (Å²) < 4.78 is 9.79. The van der Waals surface area contributed by atoms with E-state index in [0.29, 0.717) is 5.75 Å². The van der Waals surface area contributed by atoms with E-state index in [2.05, 4.69) is 10.6 Å². The van der Waals surface area contributed by atoms with Crippen LogP contribution >= 0.6 is 0 Å². The maximum atomic E-state index is 11.7. The van der Waals surface area contributed by atoms with Crippen LogP contribution in [0.15, 0.2) is 24.3 Å². The highest BCUT2D eigenvalue weighted by Crippen LogP contribution is 2.13. The first-order valence-electron chi connectivity index (χ1n) is 5.85. The number of carbonyl (C=O) groups is 3. The van der Waals surface area contributed by atoms with Crippen LogP contribution in [0.3, 0.4) is 0 Å². The lowest BCUT2D eigenvalue weighted by atomic mass is 10.2. The van der Waals surface area contributed by atoms with Crippen LogP contribution in [-0.2, 0) is 14.3 Å². The van der Waals surface area contributed by atoms with E-state index < -0.39 is 18.5 Å². The summed E-state index contributed by atoms with van der Waals surface area (Å²) in [7, 11) is 2.94. The lowest BCUT2D eigenvalue weighted by Gasteiger charge is -2.07. The molecule has 0 heterocycles. The van der Waals surface area contributed by atoms with Crippen LogP contribution in [0.1, 0.15) is 10.4 Å². The maximum absolute atomic E-state index is 11.7. The van der Waals surface area contributed by atoms with Gasteiger partial charge in [-0.25, -0.2) is 4.79 Å². The van der Waals surface area contributed by atoms with Crippen LogP contribution in [0.2, 0.25) is 0 Å². The highest BCUT2D eigenvalue weighted by Gasteiger charge is 2.11. The Hall–Kier alpha value is -2.57. The Labute approximate surface area is 116 Å². The van der Waals surface area contributed by atoms with Gasteiger partial charge in [-0.1, -0.05) is 6.07 Å². The first kappa shape index (κ1) is 15.5. The van der Waals surface area contributed by atoms with Gasteiger partial charge >= 0.3 is 5.97 Å². The highest BCUT2D eigenvalue weighted by atomic mass is 16.5. The molecule has 0 saturated carbocycles. The van der Waals surface area contributed by atoms with Crippen LogP contribution in [0.4, 0.5) is 0 Å². The van der Waals surface area contributed by atoms with Crippen molar-refractivity contribution < 1.29 is 23.9 Å². The predicted octanol–water partition coefficient (Wildman–Crippen LogP) is -0.286. The van der Waals surface area contributed by atoms with Crippen molar-refractivity contribution in [2.24, 2.45) is 0 Å². The fraction of sp³-hybridized carbons (Fsp3) is 0.308. The summed E-state index contributed by atoms with van der Waals surface area (Å²) in [6.45, 7) is -0.612. The van der Waals surface area contributed by atoms with Crippen molar-refractivity contribution in [1.82, 2.24) is 10.6 Å². The molecule has 108 valence electrons. The summed E-state index contributed by atoms with van der Waals surface area (Å²) in [5.41, 5.74) is 0.281. The average Bonchev–Trinajstić information content (AvgIpc) is 2.50. The van der Waals surface area contributed by atoms with Gasteiger partial charge in [-0.3, -0.25) is 9.59 Å². The van der Waals surface area contributed by atoms with Crippen LogP contribution in [0.25, 0.3) is 0 Å². The molecule has 0 bridgehead atoms. The second kappa shape index (κ2) is 7.78. The summed E-state index contributed by atoms with van der Waals surface area (Å²) in [5.74, 6) is -1.01. The summed E-state index contributed by atoms with van der Waals surface area (Å²) in [4.78, 5) is 33.9. The molecule has 0 fully saturated rings. The molecule has 0 aliphatic rings. The summed E-state index contributed by atoms with van der Waals surface area (Å²) in [6.07, 6.45) is 0. The Morgan fingerprint density at radius 3 is 2.60 bits per heavy atom. The molecular formula is C13H16N2O5. The number of likely N-dealkylation sites (N-methyl/N-ethyl adjacent to an activating group) is 1. The number of ether oxygens (including phenoxy) is 2. The van der Waals surface area contributed by atoms with E-state index in [1.165, 1.54) is 20.2 Å². The van der Waals surface area contributed by atoms with Crippen molar-refractivity contribution in [3.63, 3.8) is 0 Å². The standard InChI is InChI=1S/C13H16N2O5/c1-14-11(16)7-15-12(17)8-20-13(18)9-4-3-5-10(6-9)19-2/h3-6H,7-8H2,1-2H3,(H,14,16)(H,15,17). The highest BCUT2D eigenvalue weighted by molar-refractivity contribution is 5.92. The second-order valence-electron chi connectivity index (χ2n) is 3.76. The van der Waals surface area contributed by atoms with Gasteiger partial charge in [0.25, 0.3) is 5.91 Å². The van der Waals surface area contributed by atoms with Gasteiger partial charge in [-0.15, -0.1) is 0 Å².